The van der Waals surface area contributed by atoms with E-state index in [1.807, 2.05) is 24.8 Å². The largest absolute Gasteiger partial charge is 0.342 e. The summed E-state index contributed by atoms with van der Waals surface area (Å²) >= 11 is 0. The molecule has 0 aliphatic carbocycles. The SMILES string of the molecule is CCCC(=O)N1CC[C@H](NS(=O)(=O)c2ccc(NC(=O)c3cccnc3C)c3ccccc23)[C@@H](C)C1. The van der Waals surface area contributed by atoms with E-state index < -0.39 is 10.0 Å². The monoisotopic (exact) mass is 508 g/mol. The Morgan fingerprint density at radius 2 is 1.83 bits per heavy atom. The van der Waals surface area contributed by atoms with E-state index >= 15 is 0 Å². The van der Waals surface area contributed by atoms with Gasteiger partial charge in [0.25, 0.3) is 5.91 Å². The van der Waals surface area contributed by atoms with Crippen molar-refractivity contribution in [3.63, 3.8) is 0 Å². The Bertz CT molecular complexity index is 1390. The standard InChI is InChI=1S/C27H32N4O4S/c1-4-8-26(32)31-16-14-23(18(2)17-31)30-36(34,35)25-13-12-24(21-9-5-6-10-22(21)25)29-27(33)20-11-7-15-28-19(20)3/h5-7,9-13,15,18,23,30H,4,8,14,16-17H2,1-3H3,(H,29,33)/t18-,23-/m0/s1. The molecular weight excluding hydrogens is 476 g/mol. The van der Waals surface area contributed by atoms with Crippen LogP contribution in [0, 0.1) is 12.8 Å². The number of pyridine rings is 1. The van der Waals surface area contributed by atoms with Crippen molar-refractivity contribution < 1.29 is 18.0 Å². The quantitative estimate of drug-likeness (QED) is 0.499. The number of fused-ring (bicyclic) bond motifs is 1. The van der Waals surface area contributed by atoms with Crippen molar-refractivity contribution in [1.29, 1.82) is 0 Å². The molecule has 0 bridgehead atoms. The van der Waals surface area contributed by atoms with E-state index in [-0.39, 0.29) is 28.7 Å². The van der Waals surface area contributed by atoms with Gasteiger partial charge in [-0.3, -0.25) is 14.6 Å². The lowest BCUT2D eigenvalue weighted by atomic mass is 9.94. The fourth-order valence-corrected chi connectivity index (χ4v) is 6.30. The fraction of sp³-hybridized carbons (Fsp3) is 0.370. The van der Waals surface area contributed by atoms with E-state index in [9.17, 15) is 18.0 Å². The van der Waals surface area contributed by atoms with Crippen molar-refractivity contribution in [3.8, 4) is 0 Å². The molecular formula is C27H32N4O4S. The number of likely N-dealkylation sites (tertiary alicyclic amines) is 1. The highest BCUT2D eigenvalue weighted by Crippen LogP contribution is 2.31. The number of nitrogens with one attached hydrogen (secondary N) is 2. The number of hydrogen-bond acceptors (Lipinski definition) is 5. The van der Waals surface area contributed by atoms with Crippen LogP contribution in [0.25, 0.3) is 10.8 Å². The first-order chi connectivity index (χ1) is 17.2. The summed E-state index contributed by atoms with van der Waals surface area (Å²) < 4.78 is 29.9. The number of aryl methyl sites for hydroxylation is 1. The van der Waals surface area contributed by atoms with Crippen molar-refractivity contribution in [3.05, 3.63) is 66.0 Å². The first kappa shape index (κ1) is 25.8. The van der Waals surface area contributed by atoms with Crippen LogP contribution in [0.2, 0.25) is 0 Å². The van der Waals surface area contributed by atoms with Gasteiger partial charge in [0, 0.05) is 53.9 Å². The average Bonchev–Trinajstić information content (AvgIpc) is 2.85. The summed E-state index contributed by atoms with van der Waals surface area (Å²) in [4.78, 5) is 31.3. The number of anilines is 1. The maximum absolute atomic E-state index is 13.5. The molecule has 1 saturated heterocycles. The fourth-order valence-electron chi connectivity index (χ4n) is 4.71. The Labute approximate surface area is 212 Å². The first-order valence-electron chi connectivity index (χ1n) is 12.3. The zero-order valence-corrected chi connectivity index (χ0v) is 21.6. The summed E-state index contributed by atoms with van der Waals surface area (Å²) in [5.41, 5.74) is 1.59. The molecule has 0 radical (unpaired) electrons. The van der Waals surface area contributed by atoms with Gasteiger partial charge in [-0.05, 0) is 49.9 Å². The van der Waals surface area contributed by atoms with Crippen molar-refractivity contribution in [2.24, 2.45) is 5.92 Å². The zero-order chi connectivity index (χ0) is 25.9. The molecule has 2 heterocycles. The second-order valence-corrected chi connectivity index (χ2v) is 11.0. The van der Waals surface area contributed by atoms with Crippen LogP contribution in [-0.4, -0.2) is 49.2 Å². The molecule has 1 aliphatic heterocycles. The van der Waals surface area contributed by atoms with Crippen LogP contribution in [0.15, 0.2) is 59.6 Å². The van der Waals surface area contributed by atoms with Crippen LogP contribution in [0.4, 0.5) is 5.69 Å². The van der Waals surface area contributed by atoms with Crippen molar-refractivity contribution in [2.45, 2.75) is 51.0 Å². The summed E-state index contributed by atoms with van der Waals surface area (Å²) in [6, 6.07) is 13.4. The van der Waals surface area contributed by atoms with E-state index in [1.165, 1.54) is 6.07 Å². The first-order valence-corrected chi connectivity index (χ1v) is 13.7. The highest BCUT2D eigenvalue weighted by atomic mass is 32.2. The third-order valence-electron chi connectivity index (χ3n) is 6.70. The van der Waals surface area contributed by atoms with E-state index in [2.05, 4.69) is 15.0 Å². The number of sulfonamides is 1. The third kappa shape index (κ3) is 5.42. The minimum Gasteiger partial charge on any atom is -0.342 e. The molecule has 36 heavy (non-hydrogen) atoms. The smallest absolute Gasteiger partial charge is 0.257 e. The Balaban J connectivity index is 1.57. The van der Waals surface area contributed by atoms with Crippen molar-refractivity contribution in [1.82, 2.24) is 14.6 Å². The molecule has 8 nitrogen and oxygen atoms in total. The number of carbonyl (C=O) groups is 2. The average molecular weight is 509 g/mol. The lowest BCUT2D eigenvalue weighted by Crippen LogP contribution is -2.51. The molecule has 2 aromatic carbocycles. The molecule has 0 saturated carbocycles. The Kier molecular flexibility index (Phi) is 7.70. The molecule has 2 N–H and O–H groups in total. The molecule has 1 aliphatic rings. The van der Waals surface area contributed by atoms with E-state index in [0.29, 0.717) is 53.6 Å². The van der Waals surface area contributed by atoms with Gasteiger partial charge in [-0.1, -0.05) is 38.1 Å². The number of nitrogens with zero attached hydrogens (tertiary/aromatic N) is 2. The predicted octanol–water partition coefficient (Wildman–Crippen LogP) is 4.11. The summed E-state index contributed by atoms with van der Waals surface area (Å²) in [6.07, 6.45) is 3.50. The van der Waals surface area contributed by atoms with Gasteiger partial charge in [0.2, 0.25) is 15.9 Å². The summed E-state index contributed by atoms with van der Waals surface area (Å²) in [7, 11) is -3.85. The molecule has 1 aromatic heterocycles. The zero-order valence-electron chi connectivity index (χ0n) is 20.8. The minimum absolute atomic E-state index is 0.0121. The van der Waals surface area contributed by atoms with E-state index in [0.717, 1.165) is 6.42 Å². The van der Waals surface area contributed by atoms with Crippen molar-refractivity contribution in [2.75, 3.05) is 18.4 Å². The van der Waals surface area contributed by atoms with Crippen LogP contribution in [0.3, 0.4) is 0 Å². The number of hydrogen-bond donors (Lipinski definition) is 2. The number of rotatable bonds is 7. The minimum atomic E-state index is -3.85. The van der Waals surface area contributed by atoms with Crippen LogP contribution in [0.5, 0.6) is 0 Å². The normalized spacial score (nSPS) is 18.2. The Morgan fingerprint density at radius 3 is 2.53 bits per heavy atom. The number of carbonyl (C=O) groups excluding carboxylic acids is 2. The Morgan fingerprint density at radius 1 is 1.08 bits per heavy atom. The van der Waals surface area contributed by atoms with Gasteiger partial charge in [0.05, 0.1) is 10.5 Å². The van der Waals surface area contributed by atoms with Crippen LogP contribution in [-0.2, 0) is 14.8 Å². The lowest BCUT2D eigenvalue weighted by molar-refractivity contribution is -0.133. The van der Waals surface area contributed by atoms with E-state index in [4.69, 9.17) is 0 Å². The molecule has 9 heteroatoms. The second kappa shape index (κ2) is 10.8. The molecule has 1 fully saturated rings. The van der Waals surface area contributed by atoms with Crippen molar-refractivity contribution >= 4 is 38.3 Å². The van der Waals surface area contributed by atoms with Gasteiger partial charge in [-0.25, -0.2) is 13.1 Å². The number of piperidine rings is 1. The highest BCUT2D eigenvalue weighted by molar-refractivity contribution is 7.89. The molecule has 190 valence electrons. The topological polar surface area (TPSA) is 108 Å². The second-order valence-electron chi connectivity index (χ2n) is 9.33. The predicted molar refractivity (Wildman–Crippen MR) is 140 cm³/mol. The van der Waals surface area contributed by atoms with Gasteiger partial charge in [-0.2, -0.15) is 0 Å². The number of aromatic nitrogens is 1. The summed E-state index contributed by atoms with van der Waals surface area (Å²) in [5.74, 6) is -0.199. The number of benzene rings is 2. The van der Waals surface area contributed by atoms with E-state index in [1.54, 1.807) is 49.5 Å². The highest BCUT2D eigenvalue weighted by Gasteiger charge is 2.32. The molecule has 0 spiro atoms. The van der Waals surface area contributed by atoms with Gasteiger partial charge in [0.1, 0.15) is 0 Å². The maximum atomic E-state index is 13.5. The Hall–Kier alpha value is -3.30. The molecule has 3 aromatic rings. The third-order valence-corrected chi connectivity index (χ3v) is 8.25. The summed E-state index contributed by atoms with van der Waals surface area (Å²) in [5, 5.41) is 4.05. The van der Waals surface area contributed by atoms with Gasteiger partial charge < -0.3 is 10.2 Å². The van der Waals surface area contributed by atoms with Gasteiger partial charge in [-0.15, -0.1) is 0 Å². The van der Waals surface area contributed by atoms with Crippen LogP contribution >= 0.6 is 0 Å². The van der Waals surface area contributed by atoms with Gasteiger partial charge in [0.15, 0.2) is 0 Å². The molecule has 2 amide bonds. The molecule has 4 rings (SSSR count). The summed E-state index contributed by atoms with van der Waals surface area (Å²) in [6.45, 7) is 6.78. The van der Waals surface area contributed by atoms with Crippen LogP contribution < -0.4 is 10.0 Å². The lowest BCUT2D eigenvalue weighted by Gasteiger charge is -2.37. The molecule has 2 atom stereocenters. The maximum Gasteiger partial charge on any atom is 0.257 e. The molecule has 0 unspecified atom stereocenters. The van der Waals surface area contributed by atoms with Crippen LogP contribution in [0.1, 0.15) is 49.2 Å². The van der Waals surface area contributed by atoms with Gasteiger partial charge >= 0.3 is 0 Å². The number of amides is 2.